The zero-order chi connectivity index (χ0) is 25.9. The summed E-state index contributed by atoms with van der Waals surface area (Å²) in [6.07, 6.45) is 1.92. The van der Waals surface area contributed by atoms with E-state index in [1.165, 1.54) is 16.4 Å². The Morgan fingerprint density at radius 3 is 2.31 bits per heavy atom. The monoisotopic (exact) mass is 582 g/mol. The molecule has 3 aliphatic rings. The van der Waals surface area contributed by atoms with Crippen LogP contribution >= 0.6 is 34.8 Å². The number of amides is 1. The molecule has 0 bridgehead atoms. The van der Waals surface area contributed by atoms with Crippen LogP contribution in [0.1, 0.15) is 12.8 Å². The van der Waals surface area contributed by atoms with Crippen LogP contribution in [0.25, 0.3) is 0 Å². The Bertz CT molecular complexity index is 1010. The number of piperazine rings is 1. The maximum absolute atomic E-state index is 13.4. The van der Waals surface area contributed by atoms with Crippen molar-refractivity contribution in [2.24, 2.45) is 0 Å². The van der Waals surface area contributed by atoms with Crippen molar-refractivity contribution < 1.29 is 22.7 Å². The van der Waals surface area contributed by atoms with Gasteiger partial charge in [-0.3, -0.25) is 9.69 Å². The van der Waals surface area contributed by atoms with Gasteiger partial charge >= 0.3 is 0 Å². The predicted molar refractivity (Wildman–Crippen MR) is 139 cm³/mol. The second-order valence-electron chi connectivity index (χ2n) is 9.51. The average molecular weight is 584 g/mol. The molecular weight excluding hydrogens is 551 g/mol. The standard InChI is InChI=1S/C23H33Cl3N4O5S/c1-27-6-8-28(9-7-27)18-2-4-29(5-3-18)22(31)16-35-15-19-14-34-11-10-30(19)36(32,33)23-20(25)12-17(24)13-21(23)26/h12-13,18-19H,2-11,14-16H2,1H3/t19-/m0/s1. The first-order valence-corrected chi connectivity index (χ1v) is 14.8. The first kappa shape index (κ1) is 28.3. The first-order valence-electron chi connectivity index (χ1n) is 12.2. The molecule has 4 rings (SSSR count). The zero-order valence-corrected chi connectivity index (χ0v) is 23.5. The van der Waals surface area contributed by atoms with Crippen molar-refractivity contribution in [1.29, 1.82) is 0 Å². The van der Waals surface area contributed by atoms with E-state index in [1.807, 2.05) is 4.90 Å². The average Bonchev–Trinajstić information content (AvgIpc) is 2.84. The molecule has 0 saturated carbocycles. The third-order valence-corrected chi connectivity index (χ3v) is 10.2. The summed E-state index contributed by atoms with van der Waals surface area (Å²) in [6, 6.07) is 2.61. The van der Waals surface area contributed by atoms with Crippen LogP contribution in [-0.4, -0.2) is 125 Å². The maximum atomic E-state index is 13.4. The van der Waals surface area contributed by atoms with E-state index in [2.05, 4.69) is 16.8 Å². The van der Waals surface area contributed by atoms with Crippen LogP contribution in [0.3, 0.4) is 0 Å². The molecule has 1 atom stereocenters. The molecule has 3 heterocycles. The van der Waals surface area contributed by atoms with Crippen LogP contribution in [0.2, 0.25) is 15.1 Å². The number of halogens is 3. The number of carbonyl (C=O) groups excluding carboxylic acids is 1. The molecule has 0 radical (unpaired) electrons. The third kappa shape index (κ3) is 6.65. The molecule has 3 fully saturated rings. The van der Waals surface area contributed by atoms with Gasteiger partial charge in [0.05, 0.1) is 35.9 Å². The zero-order valence-electron chi connectivity index (χ0n) is 20.4. The van der Waals surface area contributed by atoms with E-state index in [9.17, 15) is 13.2 Å². The fraction of sp³-hybridized carbons (Fsp3) is 0.696. The van der Waals surface area contributed by atoms with Crippen molar-refractivity contribution in [3.8, 4) is 0 Å². The molecule has 3 aliphatic heterocycles. The minimum absolute atomic E-state index is 0.0194. The largest absolute Gasteiger partial charge is 0.378 e. The lowest BCUT2D eigenvalue weighted by atomic mass is 10.0. The summed E-state index contributed by atoms with van der Waals surface area (Å²) >= 11 is 18.3. The summed E-state index contributed by atoms with van der Waals surface area (Å²) in [6.45, 7) is 6.16. The summed E-state index contributed by atoms with van der Waals surface area (Å²) in [5, 5.41) is 0.152. The molecule has 0 aliphatic carbocycles. The van der Waals surface area contributed by atoms with Crippen molar-refractivity contribution in [1.82, 2.24) is 19.0 Å². The fourth-order valence-electron chi connectivity index (χ4n) is 5.02. The van der Waals surface area contributed by atoms with Gasteiger partial charge in [-0.1, -0.05) is 34.8 Å². The molecule has 36 heavy (non-hydrogen) atoms. The Hall–Kier alpha value is -0.690. The Morgan fingerprint density at radius 2 is 1.67 bits per heavy atom. The van der Waals surface area contributed by atoms with Crippen LogP contribution in [0, 0.1) is 0 Å². The number of ether oxygens (including phenoxy) is 2. The van der Waals surface area contributed by atoms with Gasteiger partial charge in [-0.15, -0.1) is 0 Å². The highest BCUT2D eigenvalue weighted by Gasteiger charge is 2.37. The Morgan fingerprint density at radius 1 is 1.03 bits per heavy atom. The second-order valence-corrected chi connectivity index (χ2v) is 12.6. The molecule has 13 heteroatoms. The van der Waals surface area contributed by atoms with Gasteiger partial charge in [0.15, 0.2) is 0 Å². The molecule has 9 nitrogen and oxygen atoms in total. The molecule has 1 amide bonds. The van der Waals surface area contributed by atoms with Gasteiger partial charge in [0, 0.05) is 56.9 Å². The van der Waals surface area contributed by atoms with Crippen molar-refractivity contribution in [2.45, 2.75) is 29.8 Å². The fourth-order valence-corrected chi connectivity index (χ4v) is 8.10. The number of rotatable bonds is 7. The molecule has 1 aromatic rings. The number of nitrogens with zero attached hydrogens (tertiary/aromatic N) is 4. The number of hydrogen-bond donors (Lipinski definition) is 0. The van der Waals surface area contributed by atoms with Gasteiger partial charge in [-0.05, 0) is 32.0 Å². The molecular formula is C23H33Cl3N4O5S. The SMILES string of the molecule is CN1CCN(C2CCN(C(=O)COC[C@@H]3COCCN3S(=O)(=O)c3c(Cl)cc(Cl)cc3Cl)CC2)CC1. The first-order chi connectivity index (χ1) is 17.2. The summed E-state index contributed by atoms with van der Waals surface area (Å²) in [4.78, 5) is 19.3. The van der Waals surface area contributed by atoms with Crippen LogP contribution in [0.4, 0.5) is 0 Å². The minimum atomic E-state index is -4.03. The lowest BCUT2D eigenvalue weighted by Gasteiger charge is -2.42. The van der Waals surface area contributed by atoms with Crippen LogP contribution < -0.4 is 0 Å². The second kappa shape index (κ2) is 12.4. The van der Waals surface area contributed by atoms with E-state index in [1.54, 1.807) is 0 Å². The topological polar surface area (TPSA) is 82.6 Å². The minimum Gasteiger partial charge on any atom is -0.378 e. The summed E-state index contributed by atoms with van der Waals surface area (Å²) in [5.41, 5.74) is 0. The van der Waals surface area contributed by atoms with E-state index in [4.69, 9.17) is 44.3 Å². The number of morpholine rings is 1. The van der Waals surface area contributed by atoms with Gasteiger partial charge in [-0.2, -0.15) is 4.31 Å². The van der Waals surface area contributed by atoms with Gasteiger partial charge in [0.2, 0.25) is 15.9 Å². The molecule has 3 saturated heterocycles. The van der Waals surface area contributed by atoms with Gasteiger partial charge < -0.3 is 19.3 Å². The summed E-state index contributed by atoms with van der Waals surface area (Å²) in [5.74, 6) is -0.0817. The summed E-state index contributed by atoms with van der Waals surface area (Å²) < 4.78 is 39.3. The van der Waals surface area contributed by atoms with E-state index in [0.717, 1.165) is 39.0 Å². The Balaban J connectivity index is 1.29. The molecule has 0 N–H and O–H groups in total. The lowest BCUT2D eigenvalue weighted by Crippen LogP contribution is -2.53. The summed E-state index contributed by atoms with van der Waals surface area (Å²) in [7, 11) is -1.89. The number of carbonyl (C=O) groups is 1. The highest BCUT2D eigenvalue weighted by Crippen LogP contribution is 2.35. The number of benzene rings is 1. The van der Waals surface area contributed by atoms with E-state index in [0.29, 0.717) is 19.1 Å². The molecule has 0 spiro atoms. The van der Waals surface area contributed by atoms with Gasteiger partial charge in [0.1, 0.15) is 11.5 Å². The number of hydrogen-bond acceptors (Lipinski definition) is 7. The van der Waals surface area contributed by atoms with Crippen LogP contribution in [0.5, 0.6) is 0 Å². The van der Waals surface area contributed by atoms with E-state index in [-0.39, 0.29) is 58.8 Å². The number of likely N-dealkylation sites (N-methyl/N-ethyl adjacent to an activating group) is 1. The van der Waals surface area contributed by atoms with Crippen LogP contribution in [0.15, 0.2) is 17.0 Å². The normalized spacial score (nSPS) is 23.8. The smallest absolute Gasteiger partial charge is 0.248 e. The number of piperidine rings is 1. The Kier molecular flexibility index (Phi) is 9.79. The third-order valence-electron chi connectivity index (χ3n) is 7.11. The molecule has 0 unspecified atom stereocenters. The van der Waals surface area contributed by atoms with Crippen molar-refractivity contribution in [2.75, 3.05) is 79.3 Å². The highest BCUT2D eigenvalue weighted by atomic mass is 35.5. The molecule has 0 aromatic heterocycles. The lowest BCUT2D eigenvalue weighted by molar-refractivity contribution is -0.138. The molecule has 1 aromatic carbocycles. The number of likely N-dealkylation sites (tertiary alicyclic amines) is 1. The van der Waals surface area contributed by atoms with Crippen molar-refractivity contribution in [3.63, 3.8) is 0 Å². The Labute approximate surface area is 228 Å². The molecule has 202 valence electrons. The maximum Gasteiger partial charge on any atom is 0.248 e. The predicted octanol–water partition coefficient (Wildman–Crippen LogP) is 2.29. The van der Waals surface area contributed by atoms with Crippen molar-refractivity contribution in [3.05, 3.63) is 27.2 Å². The number of sulfonamides is 1. The van der Waals surface area contributed by atoms with Gasteiger partial charge in [0.25, 0.3) is 0 Å². The van der Waals surface area contributed by atoms with Crippen LogP contribution in [-0.2, 0) is 24.3 Å². The quantitative estimate of drug-likeness (QED) is 0.487. The van der Waals surface area contributed by atoms with Gasteiger partial charge in [-0.25, -0.2) is 8.42 Å². The van der Waals surface area contributed by atoms with E-state index >= 15 is 0 Å². The van der Waals surface area contributed by atoms with Crippen molar-refractivity contribution >= 4 is 50.7 Å². The van der Waals surface area contributed by atoms with E-state index < -0.39 is 16.1 Å². The highest BCUT2D eigenvalue weighted by molar-refractivity contribution is 7.89.